The first kappa shape index (κ1) is 39.6. The van der Waals surface area contributed by atoms with Crippen LogP contribution in [0.5, 0.6) is 5.75 Å². The highest BCUT2D eigenvalue weighted by molar-refractivity contribution is 5.95. The number of aliphatic imine (C=N–C) groups is 1. The highest BCUT2D eigenvalue weighted by Crippen LogP contribution is 2.13. The van der Waals surface area contributed by atoms with Crippen molar-refractivity contribution < 1.29 is 29.1 Å². The summed E-state index contributed by atoms with van der Waals surface area (Å²) in [5.74, 6) is -3.56. The van der Waals surface area contributed by atoms with Gasteiger partial charge in [0.15, 0.2) is 5.96 Å². The molecule has 0 aliphatic carbocycles. The van der Waals surface area contributed by atoms with Gasteiger partial charge in [-0.15, -0.1) is 0 Å². The minimum atomic E-state index is -1.10. The average molecular weight is 649 g/mol. The number of hydrogen-bond acceptors (Lipinski definition) is 9. The van der Waals surface area contributed by atoms with Crippen molar-refractivity contribution in [2.24, 2.45) is 39.6 Å². The number of nitrogens with two attached hydrogens (primary N) is 5. The van der Waals surface area contributed by atoms with Gasteiger partial charge < -0.3 is 55.0 Å². The molecule has 6 atom stereocenters. The average Bonchev–Trinajstić information content (AvgIpc) is 3.00. The molecule has 0 fully saturated rings. The summed E-state index contributed by atoms with van der Waals surface area (Å²) in [5.41, 5.74) is 28.5. The van der Waals surface area contributed by atoms with Gasteiger partial charge in [0.05, 0.1) is 6.04 Å². The fourth-order valence-corrected chi connectivity index (χ4v) is 4.39. The summed E-state index contributed by atoms with van der Waals surface area (Å²) in [4.78, 5) is 68.6. The van der Waals surface area contributed by atoms with Crippen molar-refractivity contribution in [2.45, 2.75) is 95.9 Å². The van der Waals surface area contributed by atoms with Gasteiger partial charge >= 0.3 is 0 Å². The molecule has 0 heterocycles. The van der Waals surface area contributed by atoms with E-state index in [1.807, 2.05) is 6.92 Å². The molecule has 0 unspecified atom stereocenters. The van der Waals surface area contributed by atoms with Crippen LogP contribution >= 0.6 is 0 Å². The predicted molar refractivity (Wildman–Crippen MR) is 175 cm³/mol. The molecule has 46 heavy (non-hydrogen) atoms. The zero-order valence-electron chi connectivity index (χ0n) is 27.0. The number of unbranched alkanes of at least 4 members (excludes halogenated alkanes) is 1. The van der Waals surface area contributed by atoms with Gasteiger partial charge in [-0.2, -0.15) is 0 Å². The Balaban J connectivity index is 3.13. The van der Waals surface area contributed by atoms with E-state index < -0.39 is 59.7 Å². The molecular weight excluding hydrogens is 596 g/mol. The third-order valence-corrected chi connectivity index (χ3v) is 7.47. The van der Waals surface area contributed by atoms with E-state index in [9.17, 15) is 29.1 Å². The van der Waals surface area contributed by atoms with Crippen LogP contribution in [0.15, 0.2) is 29.3 Å². The standard InChI is InChI=1S/C30H52N10O6/c1-4-17(2)24(40-26(43)21(32)16-19-10-12-20(41)13-11-19)29(46)39-22(8-5-6-14-31)28(45)38-23(9-7-15-36-30(34)35)27(44)37-18(3)25(33)42/h10-13,17-18,21-24,41H,4-9,14-16,31-32H2,1-3H3,(H2,33,42)(H,37,44)(H,38,45)(H,39,46)(H,40,43)(H4,34,35,36)/t17-,18-,21-,22-,23-,24-/m0/s1. The van der Waals surface area contributed by atoms with Crippen LogP contribution in [0.25, 0.3) is 0 Å². The van der Waals surface area contributed by atoms with Crippen LogP contribution in [-0.4, -0.2) is 83.9 Å². The molecule has 0 saturated carbocycles. The number of nitrogens with zero attached hydrogens (tertiary/aromatic N) is 1. The summed E-state index contributed by atoms with van der Waals surface area (Å²) in [6.07, 6.45) is 2.42. The number of benzene rings is 1. The monoisotopic (exact) mass is 648 g/mol. The van der Waals surface area contributed by atoms with E-state index >= 15 is 0 Å². The normalized spacial score (nSPS) is 14.8. The van der Waals surface area contributed by atoms with Crippen LogP contribution in [0.3, 0.4) is 0 Å². The number of amides is 5. The first-order valence-corrected chi connectivity index (χ1v) is 15.5. The molecule has 16 nitrogen and oxygen atoms in total. The molecule has 0 saturated heterocycles. The second-order valence-corrected chi connectivity index (χ2v) is 11.3. The number of carbonyl (C=O) groups excluding carboxylic acids is 5. The lowest BCUT2D eigenvalue weighted by atomic mass is 9.96. The topological polar surface area (TPSA) is 296 Å². The second kappa shape index (κ2) is 20.6. The molecule has 1 rings (SSSR count). The molecule has 1 aromatic rings. The van der Waals surface area contributed by atoms with E-state index in [2.05, 4.69) is 26.3 Å². The van der Waals surface area contributed by atoms with Crippen molar-refractivity contribution >= 4 is 35.5 Å². The molecule has 0 aromatic heterocycles. The number of primary amides is 1. The molecule has 16 heteroatoms. The quantitative estimate of drug-likeness (QED) is 0.0395. The van der Waals surface area contributed by atoms with Crippen molar-refractivity contribution in [1.82, 2.24) is 21.3 Å². The number of aromatic hydroxyl groups is 1. The highest BCUT2D eigenvalue weighted by Gasteiger charge is 2.32. The Morgan fingerprint density at radius 3 is 1.91 bits per heavy atom. The molecule has 1 aromatic carbocycles. The van der Waals surface area contributed by atoms with Gasteiger partial charge in [-0.1, -0.05) is 32.4 Å². The second-order valence-electron chi connectivity index (χ2n) is 11.3. The van der Waals surface area contributed by atoms with Gasteiger partial charge in [0.25, 0.3) is 0 Å². The van der Waals surface area contributed by atoms with Gasteiger partial charge in [0.2, 0.25) is 29.5 Å². The van der Waals surface area contributed by atoms with E-state index in [-0.39, 0.29) is 43.4 Å². The van der Waals surface area contributed by atoms with Crippen molar-refractivity contribution in [3.8, 4) is 5.75 Å². The smallest absolute Gasteiger partial charge is 0.243 e. The van der Waals surface area contributed by atoms with E-state index in [0.717, 1.165) is 5.56 Å². The van der Waals surface area contributed by atoms with Gasteiger partial charge in [0.1, 0.15) is 29.9 Å². The highest BCUT2D eigenvalue weighted by atomic mass is 16.3. The minimum Gasteiger partial charge on any atom is -0.508 e. The van der Waals surface area contributed by atoms with Gasteiger partial charge in [-0.25, -0.2) is 0 Å². The summed E-state index contributed by atoms with van der Waals surface area (Å²) in [7, 11) is 0. The van der Waals surface area contributed by atoms with E-state index in [1.165, 1.54) is 19.1 Å². The first-order chi connectivity index (χ1) is 21.7. The Labute approximate surface area is 270 Å². The van der Waals surface area contributed by atoms with Crippen molar-refractivity contribution in [2.75, 3.05) is 13.1 Å². The minimum absolute atomic E-state index is 0.0819. The van der Waals surface area contributed by atoms with Crippen LogP contribution in [-0.2, 0) is 30.4 Å². The van der Waals surface area contributed by atoms with Gasteiger partial charge in [-0.05, 0) is 75.6 Å². The lowest BCUT2D eigenvalue weighted by Crippen LogP contribution is -2.59. The molecular formula is C30H52N10O6. The Kier molecular flexibility index (Phi) is 17.7. The van der Waals surface area contributed by atoms with Gasteiger partial charge in [-0.3, -0.25) is 29.0 Å². The Hall–Kier alpha value is -4.44. The Morgan fingerprint density at radius 2 is 1.37 bits per heavy atom. The number of nitrogens with one attached hydrogen (secondary N) is 4. The van der Waals surface area contributed by atoms with Crippen LogP contribution in [0.2, 0.25) is 0 Å². The predicted octanol–water partition coefficient (Wildman–Crippen LogP) is -2.06. The van der Waals surface area contributed by atoms with Crippen LogP contribution in [0.4, 0.5) is 0 Å². The molecule has 0 aliphatic rings. The molecule has 0 bridgehead atoms. The van der Waals surface area contributed by atoms with E-state index in [4.69, 9.17) is 28.7 Å². The maximum atomic E-state index is 13.6. The van der Waals surface area contributed by atoms with Gasteiger partial charge in [0, 0.05) is 6.54 Å². The number of phenols is 1. The van der Waals surface area contributed by atoms with Crippen LogP contribution in [0, 0.1) is 5.92 Å². The number of phenolic OH excluding ortho intramolecular Hbond substituents is 1. The summed E-state index contributed by atoms with van der Waals surface area (Å²) in [6.45, 7) is 5.62. The fraction of sp³-hybridized carbons (Fsp3) is 0.600. The van der Waals surface area contributed by atoms with E-state index in [0.29, 0.717) is 32.2 Å². The molecule has 258 valence electrons. The maximum Gasteiger partial charge on any atom is 0.243 e. The lowest BCUT2D eigenvalue weighted by molar-refractivity contribution is -0.135. The summed E-state index contributed by atoms with van der Waals surface area (Å²) < 4.78 is 0. The Bertz CT molecular complexity index is 1180. The first-order valence-electron chi connectivity index (χ1n) is 15.5. The molecule has 0 spiro atoms. The summed E-state index contributed by atoms with van der Waals surface area (Å²) >= 11 is 0. The SMILES string of the molecule is CC[C@H](C)[C@H](NC(=O)[C@@H](N)Cc1ccc(O)cc1)C(=O)N[C@@H](CCCCN)C(=O)N[C@@H](CCCN=C(N)N)C(=O)N[C@@H](C)C(N)=O. The summed E-state index contributed by atoms with van der Waals surface area (Å²) in [5, 5.41) is 20.1. The maximum absolute atomic E-state index is 13.6. The third-order valence-electron chi connectivity index (χ3n) is 7.47. The largest absolute Gasteiger partial charge is 0.508 e. The van der Waals surface area contributed by atoms with Crippen LogP contribution in [0.1, 0.15) is 64.9 Å². The van der Waals surface area contributed by atoms with Crippen molar-refractivity contribution in [3.05, 3.63) is 29.8 Å². The molecule has 15 N–H and O–H groups in total. The third kappa shape index (κ3) is 14.6. The van der Waals surface area contributed by atoms with Crippen molar-refractivity contribution in [1.29, 1.82) is 0 Å². The zero-order valence-corrected chi connectivity index (χ0v) is 27.0. The fourth-order valence-electron chi connectivity index (χ4n) is 4.39. The lowest BCUT2D eigenvalue weighted by Gasteiger charge is -2.28. The summed E-state index contributed by atoms with van der Waals surface area (Å²) in [6, 6.07) is 1.12. The number of hydrogen-bond donors (Lipinski definition) is 10. The zero-order chi connectivity index (χ0) is 34.8. The number of guanidine groups is 1. The molecule has 0 aliphatic heterocycles. The Morgan fingerprint density at radius 1 is 0.804 bits per heavy atom. The number of carbonyl (C=O) groups is 5. The van der Waals surface area contributed by atoms with Crippen LogP contribution < -0.4 is 49.9 Å². The van der Waals surface area contributed by atoms with Crippen molar-refractivity contribution in [3.63, 3.8) is 0 Å². The van der Waals surface area contributed by atoms with E-state index in [1.54, 1.807) is 19.1 Å². The number of rotatable bonds is 21. The molecule has 5 amide bonds. The molecule has 0 radical (unpaired) electrons.